The summed E-state index contributed by atoms with van der Waals surface area (Å²) in [5.41, 5.74) is -0.441. The number of nitrogens with zero attached hydrogens (tertiary/aromatic N) is 1. The van der Waals surface area contributed by atoms with Gasteiger partial charge in [0, 0.05) is 19.1 Å². The van der Waals surface area contributed by atoms with Crippen molar-refractivity contribution in [3.63, 3.8) is 0 Å². The zero-order valence-corrected chi connectivity index (χ0v) is 11.9. The Morgan fingerprint density at radius 3 is 2.82 bits per heavy atom. The highest BCUT2D eigenvalue weighted by Gasteiger charge is 2.40. The van der Waals surface area contributed by atoms with E-state index in [1.165, 1.54) is 6.07 Å². The van der Waals surface area contributed by atoms with Crippen LogP contribution in [0.25, 0.3) is 0 Å². The number of phenols is 1. The Hall–Kier alpha value is -1.76. The summed E-state index contributed by atoms with van der Waals surface area (Å²) in [4.78, 5) is 13.7. The summed E-state index contributed by atoms with van der Waals surface area (Å²) in [5.74, 6) is -0.436. The lowest BCUT2D eigenvalue weighted by molar-refractivity contribution is -0.137. The van der Waals surface area contributed by atoms with E-state index in [4.69, 9.17) is 0 Å². The van der Waals surface area contributed by atoms with Gasteiger partial charge in [0.1, 0.15) is 5.75 Å². The SMILES string of the molecule is O=C1NC[C@@H]2[C@H]1CCCN2Cc1cc(O)cc(C(F)(F)F)c1. The van der Waals surface area contributed by atoms with Gasteiger partial charge in [-0.15, -0.1) is 0 Å². The Morgan fingerprint density at radius 2 is 2.09 bits per heavy atom. The number of benzene rings is 1. The summed E-state index contributed by atoms with van der Waals surface area (Å²) in [6.45, 7) is 1.58. The summed E-state index contributed by atoms with van der Waals surface area (Å²) >= 11 is 0. The van der Waals surface area contributed by atoms with Crippen molar-refractivity contribution in [1.82, 2.24) is 10.2 Å². The Labute approximate surface area is 125 Å². The van der Waals surface area contributed by atoms with Crippen LogP contribution in [-0.4, -0.2) is 35.0 Å². The maximum atomic E-state index is 12.8. The highest BCUT2D eigenvalue weighted by molar-refractivity contribution is 5.82. The fourth-order valence-electron chi connectivity index (χ4n) is 3.40. The lowest BCUT2D eigenvalue weighted by atomic mass is 9.91. The van der Waals surface area contributed by atoms with E-state index in [1.54, 1.807) is 0 Å². The van der Waals surface area contributed by atoms with Gasteiger partial charge < -0.3 is 10.4 Å². The Morgan fingerprint density at radius 1 is 1.32 bits per heavy atom. The van der Waals surface area contributed by atoms with Crippen LogP contribution in [0.1, 0.15) is 24.0 Å². The molecule has 2 heterocycles. The first-order valence-electron chi connectivity index (χ1n) is 7.26. The highest BCUT2D eigenvalue weighted by Crippen LogP contribution is 2.34. The van der Waals surface area contributed by atoms with Crippen molar-refractivity contribution in [2.75, 3.05) is 13.1 Å². The number of hydrogen-bond donors (Lipinski definition) is 2. The van der Waals surface area contributed by atoms with Crippen molar-refractivity contribution in [3.8, 4) is 5.75 Å². The van der Waals surface area contributed by atoms with Gasteiger partial charge in [-0.3, -0.25) is 9.69 Å². The third-order valence-corrected chi connectivity index (χ3v) is 4.41. The second-order valence-electron chi connectivity index (χ2n) is 5.92. The number of fused-ring (bicyclic) bond motifs is 1. The minimum absolute atomic E-state index is 0.0259. The van der Waals surface area contributed by atoms with Crippen LogP contribution in [0.4, 0.5) is 13.2 Å². The van der Waals surface area contributed by atoms with Crippen molar-refractivity contribution in [1.29, 1.82) is 0 Å². The van der Waals surface area contributed by atoms with Gasteiger partial charge in [0.05, 0.1) is 11.5 Å². The van der Waals surface area contributed by atoms with E-state index in [1.807, 2.05) is 4.90 Å². The summed E-state index contributed by atoms with van der Waals surface area (Å²) < 4.78 is 38.4. The smallest absolute Gasteiger partial charge is 0.416 e. The van der Waals surface area contributed by atoms with Crippen molar-refractivity contribution in [3.05, 3.63) is 29.3 Å². The van der Waals surface area contributed by atoms with Gasteiger partial charge in [0.2, 0.25) is 5.91 Å². The number of likely N-dealkylation sites (tertiary alicyclic amines) is 1. The number of alkyl halides is 3. The number of piperidine rings is 1. The third kappa shape index (κ3) is 2.90. The van der Waals surface area contributed by atoms with Crippen molar-refractivity contribution < 1.29 is 23.1 Å². The minimum Gasteiger partial charge on any atom is -0.508 e. The van der Waals surface area contributed by atoms with E-state index < -0.39 is 11.7 Å². The molecule has 2 saturated heterocycles. The number of hydrogen-bond acceptors (Lipinski definition) is 3. The molecule has 4 nitrogen and oxygen atoms in total. The molecule has 0 saturated carbocycles. The first-order valence-corrected chi connectivity index (χ1v) is 7.26. The average Bonchev–Trinajstić information content (AvgIpc) is 2.80. The summed E-state index contributed by atoms with van der Waals surface area (Å²) in [6.07, 6.45) is -2.82. The molecule has 22 heavy (non-hydrogen) atoms. The number of amides is 1. The fraction of sp³-hybridized carbons (Fsp3) is 0.533. The molecule has 120 valence electrons. The summed E-state index contributed by atoms with van der Waals surface area (Å²) in [6, 6.07) is 3.16. The maximum absolute atomic E-state index is 12.8. The molecule has 0 aromatic heterocycles. The summed E-state index contributed by atoms with van der Waals surface area (Å²) in [5, 5.41) is 12.3. The lowest BCUT2D eigenvalue weighted by Crippen LogP contribution is -2.44. The monoisotopic (exact) mass is 314 g/mol. The van der Waals surface area contributed by atoms with Crippen LogP contribution in [0.2, 0.25) is 0 Å². The second kappa shape index (κ2) is 5.46. The van der Waals surface area contributed by atoms with Crippen LogP contribution in [0.15, 0.2) is 18.2 Å². The molecule has 0 aliphatic carbocycles. The van der Waals surface area contributed by atoms with Gasteiger partial charge in [0.25, 0.3) is 0 Å². The molecule has 1 amide bonds. The largest absolute Gasteiger partial charge is 0.508 e. The molecule has 0 bridgehead atoms. The first-order chi connectivity index (χ1) is 10.3. The van der Waals surface area contributed by atoms with Gasteiger partial charge >= 0.3 is 6.18 Å². The van der Waals surface area contributed by atoms with Crippen LogP contribution < -0.4 is 5.32 Å². The average molecular weight is 314 g/mol. The number of phenolic OH excluding ortho intramolecular Hbond substituents is 1. The molecular weight excluding hydrogens is 297 g/mol. The van der Waals surface area contributed by atoms with Crippen molar-refractivity contribution in [2.24, 2.45) is 5.92 Å². The van der Waals surface area contributed by atoms with Crippen LogP contribution in [0.5, 0.6) is 5.75 Å². The van der Waals surface area contributed by atoms with Crippen molar-refractivity contribution in [2.45, 2.75) is 31.6 Å². The molecule has 1 aromatic rings. The highest BCUT2D eigenvalue weighted by atomic mass is 19.4. The van der Waals surface area contributed by atoms with Gasteiger partial charge in [-0.25, -0.2) is 0 Å². The number of aromatic hydroxyl groups is 1. The number of nitrogens with one attached hydrogen (secondary N) is 1. The van der Waals surface area contributed by atoms with Gasteiger partial charge in [0.15, 0.2) is 0 Å². The number of halogens is 3. The van der Waals surface area contributed by atoms with E-state index >= 15 is 0 Å². The third-order valence-electron chi connectivity index (χ3n) is 4.41. The lowest BCUT2D eigenvalue weighted by Gasteiger charge is -2.36. The fourth-order valence-corrected chi connectivity index (χ4v) is 3.40. The molecule has 0 spiro atoms. The molecule has 0 radical (unpaired) electrons. The van der Waals surface area contributed by atoms with E-state index in [9.17, 15) is 23.1 Å². The van der Waals surface area contributed by atoms with Crippen LogP contribution >= 0.6 is 0 Å². The van der Waals surface area contributed by atoms with E-state index in [0.717, 1.165) is 31.5 Å². The van der Waals surface area contributed by atoms with E-state index in [2.05, 4.69) is 5.32 Å². The summed E-state index contributed by atoms with van der Waals surface area (Å²) in [7, 11) is 0. The van der Waals surface area contributed by atoms with Crippen molar-refractivity contribution >= 4 is 5.91 Å². The Balaban J connectivity index is 1.81. The molecule has 0 unspecified atom stereocenters. The number of carbonyl (C=O) groups is 1. The molecule has 7 heteroatoms. The predicted molar refractivity (Wildman–Crippen MR) is 73.0 cm³/mol. The van der Waals surface area contributed by atoms with E-state index in [0.29, 0.717) is 18.7 Å². The molecule has 2 aliphatic rings. The quantitative estimate of drug-likeness (QED) is 0.879. The number of carbonyl (C=O) groups excluding carboxylic acids is 1. The zero-order valence-electron chi connectivity index (χ0n) is 11.9. The molecule has 2 atom stereocenters. The van der Waals surface area contributed by atoms with Crippen LogP contribution in [0.3, 0.4) is 0 Å². The number of rotatable bonds is 2. The molecule has 3 rings (SSSR count). The molecule has 2 fully saturated rings. The van der Waals surface area contributed by atoms with Gasteiger partial charge in [-0.05, 0) is 43.1 Å². The standard InChI is InChI=1S/C15H17F3N2O2/c16-15(17,18)10-4-9(5-11(21)6-10)8-20-3-1-2-12-13(20)7-19-14(12)22/h4-6,12-13,21H,1-3,7-8H2,(H,19,22)/t12-,13-/m1/s1. The van der Waals surface area contributed by atoms with Crippen LogP contribution in [-0.2, 0) is 17.5 Å². The predicted octanol–water partition coefficient (Wildman–Crippen LogP) is 2.12. The topological polar surface area (TPSA) is 52.6 Å². The Kier molecular flexibility index (Phi) is 3.76. The molecular formula is C15H17F3N2O2. The molecule has 1 aromatic carbocycles. The van der Waals surface area contributed by atoms with Gasteiger partial charge in [-0.2, -0.15) is 13.2 Å². The molecule has 2 N–H and O–H groups in total. The van der Waals surface area contributed by atoms with Crippen LogP contribution in [0, 0.1) is 5.92 Å². The van der Waals surface area contributed by atoms with E-state index in [-0.39, 0.29) is 23.6 Å². The zero-order chi connectivity index (χ0) is 15.9. The normalized spacial score (nSPS) is 25.9. The second-order valence-corrected chi connectivity index (χ2v) is 5.92. The maximum Gasteiger partial charge on any atom is 0.416 e. The first kappa shape index (κ1) is 15.1. The van der Waals surface area contributed by atoms with Gasteiger partial charge in [-0.1, -0.05) is 0 Å². The minimum atomic E-state index is -4.48. The Bertz CT molecular complexity index is 589. The molecule has 2 aliphatic heterocycles.